The Kier molecular flexibility index (Phi) is 3.58. The molecule has 0 atom stereocenters. The highest BCUT2D eigenvalue weighted by molar-refractivity contribution is 9.10. The van der Waals surface area contributed by atoms with Crippen LogP contribution < -0.4 is 0 Å². The molecule has 0 saturated heterocycles. The minimum absolute atomic E-state index is 0.353. The third-order valence-corrected chi connectivity index (χ3v) is 4.23. The summed E-state index contributed by atoms with van der Waals surface area (Å²) >= 11 is 4.90. The molecular weight excluding hydrogens is 340 g/mol. The lowest BCUT2D eigenvalue weighted by molar-refractivity contribution is 0.0520. The van der Waals surface area contributed by atoms with Crippen LogP contribution in [0.5, 0.6) is 0 Å². The number of hydrogen-bond acceptors (Lipinski definition) is 4. The molecule has 0 aliphatic carbocycles. The summed E-state index contributed by atoms with van der Waals surface area (Å²) in [5, 5.41) is 3.60. The fourth-order valence-corrected chi connectivity index (χ4v) is 3.15. The fraction of sp³-hybridized carbons (Fsp3) is 0.143. The Morgan fingerprint density at radius 1 is 1.50 bits per heavy atom. The largest absolute Gasteiger partial charge is 0.461 e. The summed E-state index contributed by atoms with van der Waals surface area (Å²) in [6.07, 6.45) is 1.91. The highest BCUT2D eigenvalue weighted by Gasteiger charge is 2.15. The molecule has 0 bridgehead atoms. The van der Waals surface area contributed by atoms with Gasteiger partial charge in [-0.15, -0.1) is 11.3 Å². The monoisotopic (exact) mass is 350 g/mol. The average molecular weight is 351 g/mol. The number of carbonyl (C=O) groups is 1. The van der Waals surface area contributed by atoms with Crippen LogP contribution in [0.15, 0.2) is 34.2 Å². The first-order valence-electron chi connectivity index (χ1n) is 6.08. The van der Waals surface area contributed by atoms with Gasteiger partial charge in [-0.25, -0.2) is 9.78 Å². The smallest absolute Gasteiger partial charge is 0.357 e. The number of aromatic nitrogens is 2. The molecule has 1 N–H and O–H groups in total. The van der Waals surface area contributed by atoms with Crippen molar-refractivity contribution >= 4 is 44.1 Å². The lowest BCUT2D eigenvalue weighted by atomic mass is 10.2. The van der Waals surface area contributed by atoms with Gasteiger partial charge >= 0.3 is 5.97 Å². The Hall–Kier alpha value is -1.66. The van der Waals surface area contributed by atoms with E-state index >= 15 is 0 Å². The maximum Gasteiger partial charge on any atom is 0.357 e. The maximum absolute atomic E-state index is 11.7. The van der Waals surface area contributed by atoms with E-state index in [1.807, 2.05) is 24.4 Å². The van der Waals surface area contributed by atoms with Crippen molar-refractivity contribution in [3.05, 3.63) is 39.9 Å². The zero-order valence-electron chi connectivity index (χ0n) is 10.6. The maximum atomic E-state index is 11.7. The number of hydrogen-bond donors (Lipinski definition) is 1. The molecule has 0 aliphatic heterocycles. The van der Waals surface area contributed by atoms with Crippen molar-refractivity contribution in [2.75, 3.05) is 6.61 Å². The molecule has 4 nitrogen and oxygen atoms in total. The van der Waals surface area contributed by atoms with Crippen molar-refractivity contribution in [2.45, 2.75) is 6.92 Å². The Morgan fingerprint density at radius 3 is 3.15 bits per heavy atom. The first kappa shape index (κ1) is 13.3. The molecule has 0 unspecified atom stereocenters. The van der Waals surface area contributed by atoms with Gasteiger partial charge in [0.05, 0.1) is 6.61 Å². The molecule has 0 spiro atoms. The van der Waals surface area contributed by atoms with Crippen molar-refractivity contribution in [1.29, 1.82) is 0 Å². The van der Waals surface area contributed by atoms with Crippen LogP contribution in [0, 0.1) is 0 Å². The predicted molar refractivity (Wildman–Crippen MR) is 83.1 cm³/mol. The molecular formula is C14H11BrN2O2S. The highest BCUT2D eigenvalue weighted by atomic mass is 79.9. The molecule has 2 heterocycles. The molecule has 6 heteroatoms. The Balaban J connectivity index is 2.03. The van der Waals surface area contributed by atoms with E-state index < -0.39 is 0 Å². The van der Waals surface area contributed by atoms with Gasteiger partial charge in [0, 0.05) is 32.5 Å². The first-order valence-corrected chi connectivity index (χ1v) is 7.76. The second kappa shape index (κ2) is 5.38. The van der Waals surface area contributed by atoms with Crippen LogP contribution in [-0.2, 0) is 4.74 Å². The number of esters is 1. The molecule has 0 radical (unpaired) electrons. The summed E-state index contributed by atoms with van der Waals surface area (Å²) in [5.74, 6) is -0.379. The van der Waals surface area contributed by atoms with Gasteiger partial charge in [0.1, 0.15) is 5.01 Å². The Bertz CT molecular complexity index is 778. The summed E-state index contributed by atoms with van der Waals surface area (Å²) in [6.45, 7) is 2.13. The number of ether oxygens (including phenoxy) is 1. The van der Waals surface area contributed by atoms with E-state index in [0.29, 0.717) is 12.3 Å². The summed E-state index contributed by atoms with van der Waals surface area (Å²) in [7, 11) is 0. The molecule has 0 amide bonds. The molecule has 0 aliphatic rings. The van der Waals surface area contributed by atoms with Crippen molar-refractivity contribution in [2.24, 2.45) is 0 Å². The highest BCUT2D eigenvalue weighted by Crippen LogP contribution is 2.32. The van der Waals surface area contributed by atoms with Crippen LogP contribution in [0.1, 0.15) is 17.4 Å². The van der Waals surface area contributed by atoms with Crippen molar-refractivity contribution in [3.63, 3.8) is 0 Å². The van der Waals surface area contributed by atoms with Crippen LogP contribution in [0.25, 0.3) is 21.5 Å². The molecule has 1 aromatic carbocycles. The lowest BCUT2D eigenvalue weighted by Gasteiger charge is -1.97. The normalized spacial score (nSPS) is 10.9. The van der Waals surface area contributed by atoms with Gasteiger partial charge in [-0.3, -0.25) is 0 Å². The zero-order valence-corrected chi connectivity index (χ0v) is 13.0. The summed E-state index contributed by atoms with van der Waals surface area (Å²) in [5.41, 5.74) is 2.38. The van der Waals surface area contributed by atoms with Crippen molar-refractivity contribution < 1.29 is 9.53 Å². The van der Waals surface area contributed by atoms with Crippen molar-refractivity contribution in [1.82, 2.24) is 9.97 Å². The minimum atomic E-state index is -0.379. The molecule has 3 rings (SSSR count). The summed E-state index contributed by atoms with van der Waals surface area (Å²) < 4.78 is 5.96. The van der Waals surface area contributed by atoms with E-state index in [-0.39, 0.29) is 5.97 Å². The second-order valence-corrected chi connectivity index (χ2v) is 5.92. The summed E-state index contributed by atoms with van der Waals surface area (Å²) in [6, 6.07) is 6.02. The number of thiazole rings is 1. The number of nitrogens with zero attached hydrogens (tertiary/aromatic N) is 1. The number of nitrogens with one attached hydrogen (secondary N) is 1. The van der Waals surface area contributed by atoms with Crippen LogP contribution >= 0.6 is 27.3 Å². The number of benzene rings is 1. The minimum Gasteiger partial charge on any atom is -0.461 e. The SMILES string of the molecule is CCOC(=O)c1csc(-c2c[nH]c3ccc(Br)cc23)n1. The number of carbonyl (C=O) groups excluding carboxylic acids is 1. The van der Waals surface area contributed by atoms with Crippen molar-refractivity contribution in [3.8, 4) is 10.6 Å². The van der Waals surface area contributed by atoms with Gasteiger partial charge in [0.15, 0.2) is 5.69 Å². The second-order valence-electron chi connectivity index (χ2n) is 4.15. The molecule has 0 fully saturated rings. The molecule has 102 valence electrons. The lowest BCUT2D eigenvalue weighted by Crippen LogP contribution is -2.04. The fourth-order valence-electron chi connectivity index (χ4n) is 1.97. The van der Waals surface area contributed by atoms with Crippen LogP contribution in [0.4, 0.5) is 0 Å². The van der Waals surface area contributed by atoms with Gasteiger partial charge in [0.25, 0.3) is 0 Å². The van der Waals surface area contributed by atoms with E-state index in [1.165, 1.54) is 11.3 Å². The molecule has 20 heavy (non-hydrogen) atoms. The van der Waals surface area contributed by atoms with Crippen LogP contribution in [0.2, 0.25) is 0 Å². The zero-order chi connectivity index (χ0) is 14.1. The Labute approximate surface area is 127 Å². The molecule has 0 saturated carbocycles. The molecule has 3 aromatic rings. The number of halogens is 1. The van der Waals surface area contributed by atoms with Crippen LogP contribution in [-0.4, -0.2) is 22.5 Å². The third kappa shape index (κ3) is 2.36. The quantitative estimate of drug-likeness (QED) is 0.719. The first-order chi connectivity index (χ1) is 9.69. The van der Waals surface area contributed by atoms with Crippen LogP contribution in [0.3, 0.4) is 0 Å². The van der Waals surface area contributed by atoms with Gasteiger partial charge in [-0.2, -0.15) is 0 Å². The van der Waals surface area contributed by atoms with Gasteiger partial charge in [-0.05, 0) is 25.1 Å². The number of aromatic amines is 1. The van der Waals surface area contributed by atoms with E-state index in [9.17, 15) is 4.79 Å². The third-order valence-electron chi connectivity index (χ3n) is 2.86. The van der Waals surface area contributed by atoms with E-state index in [1.54, 1.807) is 12.3 Å². The predicted octanol–water partition coefficient (Wildman–Crippen LogP) is 4.23. The Morgan fingerprint density at radius 2 is 2.35 bits per heavy atom. The number of fused-ring (bicyclic) bond motifs is 1. The number of H-pyrrole nitrogens is 1. The van der Waals surface area contributed by atoms with E-state index in [2.05, 4.69) is 25.9 Å². The summed E-state index contributed by atoms with van der Waals surface area (Å²) in [4.78, 5) is 19.2. The van der Waals surface area contributed by atoms with E-state index in [0.717, 1.165) is 25.9 Å². The standard InChI is InChI=1S/C14H11BrN2O2S/c1-2-19-14(18)12-7-20-13(17-12)10-6-16-11-4-3-8(15)5-9(10)11/h3-7,16H,2H2,1H3. The average Bonchev–Trinajstić information content (AvgIpc) is 3.04. The van der Waals surface area contributed by atoms with Gasteiger partial charge in [-0.1, -0.05) is 15.9 Å². The van der Waals surface area contributed by atoms with Gasteiger partial charge in [0.2, 0.25) is 0 Å². The topological polar surface area (TPSA) is 55.0 Å². The number of rotatable bonds is 3. The molecule has 2 aromatic heterocycles. The van der Waals surface area contributed by atoms with E-state index in [4.69, 9.17) is 4.74 Å². The van der Waals surface area contributed by atoms with Gasteiger partial charge < -0.3 is 9.72 Å².